The van der Waals surface area contributed by atoms with Crippen molar-refractivity contribution in [2.75, 3.05) is 5.32 Å². The van der Waals surface area contributed by atoms with Crippen LogP contribution in [0.5, 0.6) is 0 Å². The first-order valence-electron chi connectivity index (χ1n) is 6.11. The Balaban J connectivity index is 2.16. The number of hydrogen-bond acceptors (Lipinski definition) is 2. The number of hydrogen-bond donors (Lipinski definition) is 2. The van der Waals surface area contributed by atoms with Crippen molar-refractivity contribution in [3.05, 3.63) is 64.7 Å². The Morgan fingerprint density at radius 3 is 2.45 bits per heavy atom. The van der Waals surface area contributed by atoms with Gasteiger partial charge in [0.1, 0.15) is 0 Å². The van der Waals surface area contributed by atoms with Gasteiger partial charge in [-0.25, -0.2) is 0 Å². The number of amides is 2. The topological polar surface area (TPSA) is 58.2 Å². The van der Waals surface area contributed by atoms with Crippen LogP contribution in [0.4, 0.5) is 5.69 Å². The van der Waals surface area contributed by atoms with Gasteiger partial charge < -0.3 is 10.6 Å². The van der Waals surface area contributed by atoms with Crippen molar-refractivity contribution in [2.24, 2.45) is 0 Å². The predicted octanol–water partition coefficient (Wildman–Crippen LogP) is 2.50. The van der Waals surface area contributed by atoms with Crippen LogP contribution >= 0.6 is 11.6 Å². The lowest BCUT2D eigenvalue weighted by molar-refractivity contribution is -0.136. The average molecular weight is 287 g/mol. The van der Waals surface area contributed by atoms with Gasteiger partial charge in [0, 0.05) is 16.3 Å². The van der Waals surface area contributed by atoms with E-state index in [-0.39, 0.29) is 0 Å². The zero-order chi connectivity index (χ0) is 14.1. The summed E-state index contributed by atoms with van der Waals surface area (Å²) in [6, 6.07) is 14.2. The Labute approximate surface area is 120 Å². The highest BCUT2D eigenvalue weighted by molar-refractivity contribution is 6.40. The summed E-state index contributed by atoms with van der Waals surface area (Å²) < 4.78 is 0. The third-order valence-corrected chi connectivity index (χ3v) is 3.42. The fourth-order valence-electron chi connectivity index (χ4n) is 2.25. The van der Waals surface area contributed by atoms with E-state index in [1.54, 1.807) is 18.2 Å². The molecule has 2 aromatic carbocycles. The minimum absolute atomic E-state index is 0.406. The zero-order valence-corrected chi connectivity index (χ0v) is 11.1. The van der Waals surface area contributed by atoms with Crippen LogP contribution in [0.1, 0.15) is 17.2 Å². The number of carbonyl (C=O) groups is 2. The quantitative estimate of drug-likeness (QED) is 0.791. The van der Waals surface area contributed by atoms with Crippen LogP contribution in [-0.2, 0) is 9.59 Å². The van der Waals surface area contributed by atoms with Gasteiger partial charge in [0.05, 0.1) is 6.04 Å². The largest absolute Gasteiger partial charge is 0.337 e. The predicted molar refractivity (Wildman–Crippen MR) is 76.5 cm³/mol. The molecule has 0 aromatic heterocycles. The molecule has 0 bridgehead atoms. The molecule has 1 aliphatic heterocycles. The Hall–Kier alpha value is -2.33. The molecule has 5 heteroatoms. The second kappa shape index (κ2) is 4.98. The normalized spacial score (nSPS) is 17.8. The summed E-state index contributed by atoms with van der Waals surface area (Å²) in [5, 5.41) is 5.86. The highest BCUT2D eigenvalue weighted by atomic mass is 35.5. The second-order valence-electron chi connectivity index (χ2n) is 4.50. The second-order valence-corrected chi connectivity index (χ2v) is 4.94. The van der Waals surface area contributed by atoms with Crippen molar-refractivity contribution < 1.29 is 9.59 Å². The monoisotopic (exact) mass is 286 g/mol. The number of nitrogens with one attached hydrogen (secondary N) is 2. The van der Waals surface area contributed by atoms with Crippen molar-refractivity contribution in [3.63, 3.8) is 0 Å². The minimum Gasteiger partial charge on any atom is -0.337 e. The smallest absolute Gasteiger partial charge is 0.313 e. The van der Waals surface area contributed by atoms with Crippen molar-refractivity contribution in [1.82, 2.24) is 5.32 Å². The van der Waals surface area contributed by atoms with E-state index in [4.69, 9.17) is 11.6 Å². The molecule has 0 spiro atoms. The lowest BCUT2D eigenvalue weighted by Gasteiger charge is -2.18. The van der Waals surface area contributed by atoms with Crippen molar-refractivity contribution in [1.29, 1.82) is 0 Å². The van der Waals surface area contributed by atoms with Crippen molar-refractivity contribution in [3.8, 4) is 0 Å². The lowest BCUT2D eigenvalue weighted by atomic mass is 9.97. The molecule has 2 amide bonds. The molecule has 2 aromatic rings. The summed E-state index contributed by atoms with van der Waals surface area (Å²) in [5.74, 6) is -1.34. The van der Waals surface area contributed by atoms with Crippen LogP contribution in [0, 0.1) is 0 Å². The van der Waals surface area contributed by atoms with Gasteiger partial charge in [-0.1, -0.05) is 41.9 Å². The molecule has 0 saturated carbocycles. The molecule has 1 unspecified atom stereocenters. The average Bonchev–Trinajstić information content (AvgIpc) is 2.58. The highest BCUT2D eigenvalue weighted by Gasteiger charge is 2.28. The standard InChI is InChI=1S/C15H11ClN2O2/c16-10-6-7-12-11(8-10)13(9-4-2-1-3-5-9)18-15(20)14(19)17-12/h1-8,13H,(H,17,19)(H,18,20). The maximum atomic E-state index is 11.8. The van der Waals surface area contributed by atoms with Gasteiger partial charge >= 0.3 is 11.8 Å². The van der Waals surface area contributed by atoms with E-state index in [0.29, 0.717) is 10.7 Å². The molecule has 4 nitrogen and oxygen atoms in total. The van der Waals surface area contributed by atoms with E-state index < -0.39 is 17.9 Å². The number of rotatable bonds is 1. The molecule has 20 heavy (non-hydrogen) atoms. The third-order valence-electron chi connectivity index (χ3n) is 3.19. The number of fused-ring (bicyclic) bond motifs is 1. The van der Waals surface area contributed by atoms with Gasteiger partial charge in [-0.2, -0.15) is 0 Å². The number of benzene rings is 2. The first-order valence-corrected chi connectivity index (χ1v) is 6.49. The van der Waals surface area contributed by atoms with Gasteiger partial charge in [-0.15, -0.1) is 0 Å². The van der Waals surface area contributed by atoms with Crippen LogP contribution in [0.3, 0.4) is 0 Å². The Morgan fingerprint density at radius 2 is 1.70 bits per heavy atom. The molecule has 1 heterocycles. The van der Waals surface area contributed by atoms with Crippen LogP contribution in [-0.4, -0.2) is 11.8 Å². The molecule has 2 N–H and O–H groups in total. The lowest BCUT2D eigenvalue weighted by Crippen LogP contribution is -2.34. The van der Waals surface area contributed by atoms with E-state index in [9.17, 15) is 9.59 Å². The van der Waals surface area contributed by atoms with E-state index in [0.717, 1.165) is 11.1 Å². The Morgan fingerprint density at radius 1 is 0.950 bits per heavy atom. The summed E-state index contributed by atoms with van der Waals surface area (Å²) in [5.41, 5.74) is 2.25. The number of halogens is 1. The summed E-state index contributed by atoms with van der Waals surface area (Å²) >= 11 is 6.03. The molecule has 1 aliphatic rings. The number of anilines is 1. The maximum absolute atomic E-state index is 11.8. The first-order chi connectivity index (χ1) is 9.65. The van der Waals surface area contributed by atoms with Crippen LogP contribution < -0.4 is 10.6 Å². The first kappa shape index (κ1) is 12.7. The molecule has 3 rings (SSSR count). The van der Waals surface area contributed by atoms with E-state index >= 15 is 0 Å². The van der Waals surface area contributed by atoms with Crippen molar-refractivity contribution >= 4 is 29.1 Å². The SMILES string of the molecule is O=C1Nc2ccc(Cl)cc2C(c2ccccc2)NC1=O. The maximum Gasteiger partial charge on any atom is 0.313 e. The Bertz CT molecular complexity index is 686. The van der Waals surface area contributed by atoms with Gasteiger partial charge in [0.15, 0.2) is 0 Å². The molecule has 100 valence electrons. The fraction of sp³-hybridized carbons (Fsp3) is 0.0667. The summed E-state index contributed by atoms with van der Waals surface area (Å²) in [4.78, 5) is 23.5. The fourth-order valence-corrected chi connectivity index (χ4v) is 2.43. The molecule has 0 radical (unpaired) electrons. The molecular formula is C15H11ClN2O2. The van der Waals surface area contributed by atoms with Crippen molar-refractivity contribution in [2.45, 2.75) is 6.04 Å². The molecular weight excluding hydrogens is 276 g/mol. The summed E-state index contributed by atoms with van der Waals surface area (Å²) in [7, 11) is 0. The van der Waals surface area contributed by atoms with Crippen LogP contribution in [0.2, 0.25) is 5.02 Å². The molecule has 1 atom stereocenters. The molecule has 0 saturated heterocycles. The number of carbonyl (C=O) groups excluding carboxylic acids is 2. The summed E-state index contributed by atoms with van der Waals surface area (Å²) in [6.45, 7) is 0. The van der Waals surface area contributed by atoms with Crippen LogP contribution in [0.25, 0.3) is 0 Å². The third kappa shape index (κ3) is 2.26. The van der Waals surface area contributed by atoms with Gasteiger partial charge in [-0.3, -0.25) is 9.59 Å². The van der Waals surface area contributed by atoms with E-state index in [1.807, 2.05) is 30.3 Å². The zero-order valence-electron chi connectivity index (χ0n) is 10.4. The van der Waals surface area contributed by atoms with Crippen LogP contribution in [0.15, 0.2) is 48.5 Å². The highest BCUT2D eigenvalue weighted by Crippen LogP contribution is 2.32. The van der Waals surface area contributed by atoms with Gasteiger partial charge in [-0.05, 0) is 23.8 Å². The Kier molecular flexibility index (Phi) is 3.16. The van der Waals surface area contributed by atoms with Gasteiger partial charge in [0.2, 0.25) is 0 Å². The van der Waals surface area contributed by atoms with Gasteiger partial charge in [0.25, 0.3) is 0 Å². The minimum atomic E-state index is -0.674. The van der Waals surface area contributed by atoms with E-state index in [1.165, 1.54) is 0 Å². The molecule has 0 fully saturated rings. The molecule has 0 aliphatic carbocycles. The summed E-state index contributed by atoms with van der Waals surface area (Å²) in [6.07, 6.45) is 0. The van der Waals surface area contributed by atoms with E-state index in [2.05, 4.69) is 10.6 Å².